The van der Waals surface area contributed by atoms with Gasteiger partial charge in [0, 0.05) is 20.3 Å². The minimum Gasteiger partial charge on any atom is -0.480 e. The van der Waals surface area contributed by atoms with Crippen molar-refractivity contribution in [1.29, 1.82) is 0 Å². The molecule has 14 N–H and O–H groups in total. The molecule has 0 aliphatic carbocycles. The van der Waals surface area contributed by atoms with Crippen molar-refractivity contribution in [2.75, 3.05) is 13.2 Å². The van der Waals surface area contributed by atoms with E-state index in [4.69, 9.17) is 34.5 Å². The Kier molecular flexibility index (Phi) is 21.0. The average Bonchev–Trinajstić information content (AvgIpc) is 3.68. The zero-order valence-electron chi connectivity index (χ0n) is 37.2. The first-order valence-corrected chi connectivity index (χ1v) is 21.3. The molecule has 374 valence electrons. The number of hydrogen-bond donors (Lipinski definition) is 13. The molecule has 16 atom stereocenters. The summed E-state index contributed by atoms with van der Waals surface area (Å²) in [5.41, 5.74) is 5.52. The predicted octanol–water partition coefficient (Wildman–Crippen LogP) is -5.50. The summed E-state index contributed by atoms with van der Waals surface area (Å²) in [5.74, 6) is -9.75. The molecular formula is C39H63N7O20. The molecule has 3 aliphatic rings. The lowest BCUT2D eigenvalue weighted by atomic mass is 9.95. The van der Waals surface area contributed by atoms with Crippen LogP contribution in [0.2, 0.25) is 0 Å². The number of hydrogen-bond acceptors (Lipinski definition) is 18. The van der Waals surface area contributed by atoms with E-state index in [9.17, 15) is 68.7 Å². The van der Waals surface area contributed by atoms with E-state index < -0.39 is 176 Å². The molecule has 27 nitrogen and oxygen atoms in total. The van der Waals surface area contributed by atoms with Gasteiger partial charge in [-0.3, -0.25) is 38.4 Å². The average molecular weight is 950 g/mol. The van der Waals surface area contributed by atoms with Gasteiger partial charge >= 0.3 is 17.9 Å². The standard InChI is InChI=1S/C39H63N7O20/c1-14(2)25(34(55)45-21(37(60)61)10-11-24(50)44-20(9-7-8-19(40)36(58)59)33(54)41-15(3)35(56)57)46-32(53)16(4)63-31-27(43-18(6)49)38-62-13-23(65-38)30(31)66-39-26(42-17(5)48)29(52)28(51)22(12-47)64-39/h14-16,19-23,25-31,38-39,47,51-52H,7-13,40H2,1-6H3,(H,41,54)(H,42,48)(H,43,49)(H,44,50)(H,45,55)(H,46,53)(H,56,57)(H,58,59)(H,60,61). The largest absolute Gasteiger partial charge is 0.480 e. The van der Waals surface area contributed by atoms with E-state index in [1.165, 1.54) is 20.8 Å². The van der Waals surface area contributed by atoms with Crippen molar-refractivity contribution in [3.05, 3.63) is 0 Å². The topological polar surface area (TPSA) is 419 Å². The molecule has 3 aliphatic heterocycles. The fourth-order valence-electron chi connectivity index (χ4n) is 7.30. The zero-order chi connectivity index (χ0) is 49.7. The van der Waals surface area contributed by atoms with E-state index in [-0.39, 0.29) is 25.9 Å². The second kappa shape index (κ2) is 25.1. The number of carbonyl (C=O) groups is 9. The van der Waals surface area contributed by atoms with Crippen molar-refractivity contribution in [3.8, 4) is 0 Å². The molecule has 3 heterocycles. The lowest BCUT2D eigenvalue weighted by Crippen LogP contribution is -2.68. The molecule has 16 unspecified atom stereocenters. The van der Waals surface area contributed by atoms with Gasteiger partial charge in [-0.2, -0.15) is 0 Å². The van der Waals surface area contributed by atoms with Crippen molar-refractivity contribution in [3.63, 3.8) is 0 Å². The second-order valence-corrected chi connectivity index (χ2v) is 16.6. The van der Waals surface area contributed by atoms with Crippen LogP contribution in [0.1, 0.15) is 73.6 Å². The molecule has 0 saturated carbocycles. The van der Waals surface area contributed by atoms with Gasteiger partial charge in [0.2, 0.25) is 35.4 Å². The number of rotatable bonds is 25. The van der Waals surface area contributed by atoms with Gasteiger partial charge in [-0.1, -0.05) is 13.8 Å². The Morgan fingerprint density at radius 3 is 1.91 bits per heavy atom. The van der Waals surface area contributed by atoms with Crippen LogP contribution in [0.15, 0.2) is 0 Å². The predicted molar refractivity (Wildman–Crippen MR) is 219 cm³/mol. The molecule has 0 aromatic carbocycles. The van der Waals surface area contributed by atoms with Crippen molar-refractivity contribution < 1.29 is 97.5 Å². The van der Waals surface area contributed by atoms with E-state index in [1.54, 1.807) is 13.8 Å². The Morgan fingerprint density at radius 2 is 1.35 bits per heavy atom. The first-order chi connectivity index (χ1) is 30.9. The summed E-state index contributed by atoms with van der Waals surface area (Å²) < 4.78 is 29.8. The number of nitrogens with two attached hydrogens (primary N) is 1. The molecule has 6 amide bonds. The Balaban J connectivity index is 1.75. The summed E-state index contributed by atoms with van der Waals surface area (Å²) in [5, 5.41) is 73.9. The van der Waals surface area contributed by atoms with Crippen LogP contribution in [0.3, 0.4) is 0 Å². The van der Waals surface area contributed by atoms with Crippen molar-refractivity contribution >= 4 is 53.4 Å². The monoisotopic (exact) mass is 949 g/mol. The van der Waals surface area contributed by atoms with Crippen LogP contribution in [-0.2, 0) is 66.8 Å². The molecule has 3 fully saturated rings. The summed E-state index contributed by atoms with van der Waals surface area (Å²) in [7, 11) is 0. The van der Waals surface area contributed by atoms with Gasteiger partial charge in [0.25, 0.3) is 0 Å². The van der Waals surface area contributed by atoms with Crippen LogP contribution >= 0.6 is 0 Å². The quantitative estimate of drug-likeness (QED) is 0.0406. The van der Waals surface area contributed by atoms with Gasteiger partial charge in [-0.05, 0) is 45.4 Å². The first-order valence-electron chi connectivity index (χ1n) is 21.3. The normalized spacial score (nSPS) is 28.6. The van der Waals surface area contributed by atoms with Crippen molar-refractivity contribution in [2.24, 2.45) is 11.7 Å². The van der Waals surface area contributed by atoms with Crippen LogP contribution in [0.5, 0.6) is 0 Å². The maximum absolute atomic E-state index is 13.8. The van der Waals surface area contributed by atoms with Gasteiger partial charge in [-0.15, -0.1) is 0 Å². The maximum Gasteiger partial charge on any atom is 0.326 e. The highest BCUT2D eigenvalue weighted by Crippen LogP contribution is 2.35. The summed E-state index contributed by atoms with van der Waals surface area (Å²) in [6.07, 6.45) is -13.7. The summed E-state index contributed by atoms with van der Waals surface area (Å²) in [4.78, 5) is 112. The van der Waals surface area contributed by atoms with E-state index in [0.29, 0.717) is 0 Å². The maximum atomic E-state index is 13.8. The lowest BCUT2D eigenvalue weighted by Gasteiger charge is -2.47. The Morgan fingerprint density at radius 1 is 0.712 bits per heavy atom. The number of carbonyl (C=O) groups excluding carboxylic acids is 6. The Labute approximate surface area is 378 Å². The molecule has 0 radical (unpaired) electrons. The molecule has 3 rings (SSSR count). The van der Waals surface area contributed by atoms with E-state index in [1.807, 2.05) is 0 Å². The number of amides is 6. The van der Waals surface area contributed by atoms with Crippen LogP contribution < -0.4 is 37.6 Å². The van der Waals surface area contributed by atoms with E-state index in [0.717, 1.165) is 6.92 Å². The smallest absolute Gasteiger partial charge is 0.326 e. The number of aliphatic hydroxyl groups is 3. The van der Waals surface area contributed by atoms with Crippen LogP contribution in [-0.4, -0.2) is 195 Å². The number of carboxylic acids is 3. The van der Waals surface area contributed by atoms with E-state index in [2.05, 4.69) is 31.9 Å². The third kappa shape index (κ3) is 15.5. The van der Waals surface area contributed by atoms with Crippen LogP contribution in [0.4, 0.5) is 0 Å². The molecule has 27 heteroatoms. The fraction of sp³-hybridized carbons (Fsp3) is 0.769. The van der Waals surface area contributed by atoms with Gasteiger partial charge in [0.15, 0.2) is 12.6 Å². The highest BCUT2D eigenvalue weighted by atomic mass is 16.8. The molecule has 0 spiro atoms. The van der Waals surface area contributed by atoms with Gasteiger partial charge in [0.1, 0.15) is 85.0 Å². The van der Waals surface area contributed by atoms with Crippen molar-refractivity contribution in [2.45, 2.75) is 171 Å². The molecule has 2 bridgehead atoms. The second-order valence-electron chi connectivity index (χ2n) is 16.6. The highest BCUT2D eigenvalue weighted by molar-refractivity contribution is 5.92. The molecule has 66 heavy (non-hydrogen) atoms. The Bertz CT molecular complexity index is 1760. The van der Waals surface area contributed by atoms with Gasteiger partial charge in [0.05, 0.1) is 13.2 Å². The fourth-order valence-corrected chi connectivity index (χ4v) is 7.30. The number of nitrogens with one attached hydrogen (secondary N) is 6. The molecule has 0 aromatic rings. The van der Waals surface area contributed by atoms with Gasteiger partial charge < -0.3 is 92.0 Å². The van der Waals surface area contributed by atoms with E-state index >= 15 is 0 Å². The first kappa shape index (κ1) is 55.2. The van der Waals surface area contributed by atoms with Crippen molar-refractivity contribution in [1.82, 2.24) is 31.9 Å². The SMILES string of the molecule is CC(=O)NC1C(OC2C3COC(O3)C(NC(C)=O)C2OC(C)C(=O)NC(C(=O)NC(CCC(=O)NC(CCCC(N)C(=O)O)C(=O)NC(C)C(=O)O)C(=O)O)C(C)C)OC(CO)C(O)C1O. The third-order valence-corrected chi connectivity index (χ3v) is 10.9. The molecular weight excluding hydrogens is 886 g/mol. The van der Waals surface area contributed by atoms with Crippen LogP contribution in [0.25, 0.3) is 0 Å². The number of ether oxygens (including phenoxy) is 5. The number of aliphatic carboxylic acids is 3. The zero-order valence-corrected chi connectivity index (χ0v) is 37.2. The summed E-state index contributed by atoms with van der Waals surface area (Å²) in [6, 6.07) is -9.63. The van der Waals surface area contributed by atoms with Gasteiger partial charge in [-0.25, -0.2) is 4.79 Å². The minimum atomic E-state index is -1.70. The lowest BCUT2D eigenvalue weighted by molar-refractivity contribution is -0.313. The molecule has 0 aromatic heterocycles. The number of carboxylic acid groups (broad SMARTS) is 3. The Hall–Kier alpha value is -5.13. The van der Waals surface area contributed by atoms with Crippen LogP contribution in [0, 0.1) is 5.92 Å². The minimum absolute atomic E-state index is 0.0280. The summed E-state index contributed by atoms with van der Waals surface area (Å²) >= 11 is 0. The molecule has 3 saturated heterocycles. The highest BCUT2D eigenvalue weighted by Gasteiger charge is 2.56. The third-order valence-electron chi connectivity index (χ3n) is 10.9. The summed E-state index contributed by atoms with van der Waals surface area (Å²) in [6.45, 7) is 7.03. The number of aliphatic hydroxyl groups excluding tert-OH is 3. The number of fused-ring (bicyclic) bond motifs is 2.